The fourth-order valence-corrected chi connectivity index (χ4v) is 2.14. The molecule has 1 heterocycles. The van der Waals surface area contributed by atoms with Gasteiger partial charge in [0.15, 0.2) is 5.22 Å². The summed E-state index contributed by atoms with van der Waals surface area (Å²) >= 11 is 11.9. The van der Waals surface area contributed by atoms with Gasteiger partial charge in [0.1, 0.15) is 5.82 Å². The van der Waals surface area contributed by atoms with Crippen molar-refractivity contribution in [1.29, 1.82) is 0 Å². The van der Waals surface area contributed by atoms with Crippen molar-refractivity contribution in [3.05, 3.63) is 58.8 Å². The monoisotopic (exact) mass is 258 g/mol. The van der Waals surface area contributed by atoms with Gasteiger partial charge >= 0.3 is 0 Å². The molecule has 0 fully saturated rings. The van der Waals surface area contributed by atoms with Crippen LogP contribution in [0.3, 0.4) is 0 Å². The predicted molar refractivity (Wildman–Crippen MR) is 62.4 cm³/mol. The molecule has 0 saturated carbocycles. The van der Waals surface area contributed by atoms with Crippen molar-refractivity contribution < 1.29 is 8.81 Å². The van der Waals surface area contributed by atoms with Crippen LogP contribution in [-0.2, 0) is 6.42 Å². The van der Waals surface area contributed by atoms with Crippen LogP contribution in [0.15, 0.2) is 41.0 Å². The Morgan fingerprint density at radius 2 is 2.00 bits per heavy atom. The number of furan rings is 1. The summed E-state index contributed by atoms with van der Waals surface area (Å²) in [5.41, 5.74) is 1.26. The molecule has 4 heteroatoms. The highest BCUT2D eigenvalue weighted by molar-refractivity contribution is 6.31. The highest BCUT2D eigenvalue weighted by atomic mass is 35.5. The first kappa shape index (κ1) is 11.5. The van der Waals surface area contributed by atoms with E-state index in [1.54, 1.807) is 24.3 Å². The molecule has 0 radical (unpaired) electrons. The van der Waals surface area contributed by atoms with Gasteiger partial charge in [0.25, 0.3) is 0 Å². The van der Waals surface area contributed by atoms with Crippen LogP contribution in [0.5, 0.6) is 0 Å². The number of halogens is 3. The highest BCUT2D eigenvalue weighted by Crippen LogP contribution is 2.31. The van der Waals surface area contributed by atoms with Crippen LogP contribution in [0.4, 0.5) is 4.39 Å². The summed E-state index contributed by atoms with van der Waals surface area (Å²) in [6.07, 6.45) is 1.85. The SMILES string of the molecule is Fc1ccccc1CC(Cl)c1ccoc1Cl. The van der Waals surface area contributed by atoms with Gasteiger partial charge in [-0.2, -0.15) is 0 Å². The predicted octanol–water partition coefficient (Wildman–Crippen LogP) is 4.59. The van der Waals surface area contributed by atoms with Gasteiger partial charge in [-0.1, -0.05) is 18.2 Å². The Labute approximate surface area is 103 Å². The minimum absolute atomic E-state index is 0.257. The van der Waals surface area contributed by atoms with Crippen LogP contribution in [0, 0.1) is 5.82 Å². The van der Waals surface area contributed by atoms with E-state index in [1.165, 1.54) is 12.3 Å². The van der Waals surface area contributed by atoms with Gasteiger partial charge in [0.05, 0.1) is 11.6 Å². The molecule has 0 bridgehead atoms. The van der Waals surface area contributed by atoms with Gasteiger partial charge < -0.3 is 4.42 Å². The molecule has 16 heavy (non-hydrogen) atoms. The van der Waals surface area contributed by atoms with E-state index in [0.717, 1.165) is 0 Å². The van der Waals surface area contributed by atoms with Crippen LogP contribution in [0.25, 0.3) is 0 Å². The lowest BCUT2D eigenvalue weighted by Crippen LogP contribution is -1.97. The number of hydrogen-bond donors (Lipinski definition) is 0. The van der Waals surface area contributed by atoms with E-state index in [-0.39, 0.29) is 16.4 Å². The minimum atomic E-state index is -0.386. The number of hydrogen-bond acceptors (Lipinski definition) is 1. The molecule has 0 aliphatic carbocycles. The zero-order chi connectivity index (χ0) is 11.5. The largest absolute Gasteiger partial charge is 0.453 e. The first-order valence-corrected chi connectivity index (χ1v) is 5.60. The Hall–Kier alpha value is -0.990. The second-order valence-corrected chi connectivity index (χ2v) is 4.28. The van der Waals surface area contributed by atoms with E-state index >= 15 is 0 Å². The van der Waals surface area contributed by atoms with Gasteiger partial charge in [-0.25, -0.2) is 4.39 Å². The average Bonchev–Trinajstić information content (AvgIpc) is 2.68. The van der Waals surface area contributed by atoms with Crippen LogP contribution in [-0.4, -0.2) is 0 Å². The fourth-order valence-electron chi connectivity index (χ4n) is 1.50. The Morgan fingerprint density at radius 3 is 2.62 bits per heavy atom. The molecule has 0 saturated heterocycles. The van der Waals surface area contributed by atoms with E-state index in [0.29, 0.717) is 17.5 Å². The molecule has 84 valence electrons. The highest BCUT2D eigenvalue weighted by Gasteiger charge is 2.16. The first-order valence-electron chi connectivity index (χ1n) is 4.79. The van der Waals surface area contributed by atoms with Gasteiger partial charge in [-0.3, -0.25) is 0 Å². The van der Waals surface area contributed by atoms with E-state index in [4.69, 9.17) is 27.6 Å². The maximum absolute atomic E-state index is 13.4. The Balaban J connectivity index is 2.17. The topological polar surface area (TPSA) is 13.1 Å². The van der Waals surface area contributed by atoms with E-state index in [2.05, 4.69) is 0 Å². The molecule has 2 aromatic rings. The van der Waals surface area contributed by atoms with E-state index in [9.17, 15) is 4.39 Å². The Bertz CT molecular complexity index is 481. The van der Waals surface area contributed by atoms with Crippen molar-refractivity contribution in [2.45, 2.75) is 11.8 Å². The second kappa shape index (κ2) is 4.89. The first-order chi connectivity index (χ1) is 7.68. The molecule has 0 aliphatic heterocycles. The molecule has 1 nitrogen and oxygen atoms in total. The number of benzene rings is 1. The summed E-state index contributed by atoms with van der Waals surface area (Å²) in [5, 5.41) is -0.125. The number of alkyl halides is 1. The summed E-state index contributed by atoms with van der Waals surface area (Å²) in [7, 11) is 0. The lowest BCUT2D eigenvalue weighted by molar-refractivity contribution is 0.564. The maximum Gasteiger partial charge on any atom is 0.197 e. The third-order valence-electron chi connectivity index (χ3n) is 2.34. The van der Waals surface area contributed by atoms with E-state index < -0.39 is 0 Å². The van der Waals surface area contributed by atoms with Crippen molar-refractivity contribution in [3.63, 3.8) is 0 Å². The van der Waals surface area contributed by atoms with Gasteiger partial charge in [-0.15, -0.1) is 11.6 Å². The van der Waals surface area contributed by atoms with Gasteiger partial charge in [0, 0.05) is 5.56 Å². The molecule has 0 N–H and O–H groups in total. The second-order valence-electron chi connectivity index (χ2n) is 3.41. The van der Waals surface area contributed by atoms with Crippen LogP contribution in [0.1, 0.15) is 16.5 Å². The van der Waals surface area contributed by atoms with Crippen LogP contribution >= 0.6 is 23.2 Å². The van der Waals surface area contributed by atoms with Gasteiger partial charge in [-0.05, 0) is 35.7 Å². The molecule has 1 unspecified atom stereocenters. The molecule has 0 aliphatic rings. The summed E-state index contributed by atoms with van der Waals surface area (Å²) in [4.78, 5) is 0. The molecule has 1 aromatic carbocycles. The van der Waals surface area contributed by atoms with Crippen molar-refractivity contribution in [1.82, 2.24) is 0 Å². The Kier molecular flexibility index (Phi) is 3.52. The van der Waals surface area contributed by atoms with Crippen molar-refractivity contribution in [2.75, 3.05) is 0 Å². The Morgan fingerprint density at radius 1 is 1.25 bits per heavy atom. The smallest absolute Gasteiger partial charge is 0.197 e. The lowest BCUT2D eigenvalue weighted by Gasteiger charge is -2.08. The number of rotatable bonds is 3. The van der Waals surface area contributed by atoms with Crippen molar-refractivity contribution in [3.8, 4) is 0 Å². The molecule has 0 spiro atoms. The third kappa shape index (κ3) is 2.39. The minimum Gasteiger partial charge on any atom is -0.453 e. The zero-order valence-corrected chi connectivity index (χ0v) is 9.80. The zero-order valence-electron chi connectivity index (χ0n) is 8.29. The van der Waals surface area contributed by atoms with Crippen molar-refractivity contribution >= 4 is 23.2 Å². The van der Waals surface area contributed by atoms with Crippen LogP contribution in [0.2, 0.25) is 5.22 Å². The van der Waals surface area contributed by atoms with Gasteiger partial charge in [0.2, 0.25) is 0 Å². The lowest BCUT2D eigenvalue weighted by atomic mass is 10.1. The molecular weight excluding hydrogens is 250 g/mol. The molecule has 1 atom stereocenters. The quantitative estimate of drug-likeness (QED) is 0.734. The molecular formula is C12H9Cl2FO. The third-order valence-corrected chi connectivity index (χ3v) is 3.04. The van der Waals surface area contributed by atoms with E-state index in [1.807, 2.05) is 0 Å². The van der Waals surface area contributed by atoms with Crippen molar-refractivity contribution in [2.24, 2.45) is 0 Å². The summed E-state index contributed by atoms with van der Waals surface area (Å²) < 4.78 is 18.3. The maximum atomic E-state index is 13.4. The standard InChI is InChI=1S/C12H9Cl2FO/c13-10(9-5-6-16-12(9)14)7-8-3-1-2-4-11(8)15/h1-6,10H,7H2. The molecule has 0 amide bonds. The molecule has 1 aromatic heterocycles. The summed E-state index contributed by atoms with van der Waals surface area (Å²) in [5.74, 6) is -0.257. The van der Waals surface area contributed by atoms with Crippen LogP contribution < -0.4 is 0 Å². The average molecular weight is 259 g/mol. The normalized spacial score (nSPS) is 12.7. The summed E-state index contributed by atoms with van der Waals surface area (Å²) in [6, 6.07) is 8.24. The summed E-state index contributed by atoms with van der Waals surface area (Å²) in [6.45, 7) is 0. The molecule has 2 rings (SSSR count). The fraction of sp³-hybridized carbons (Fsp3) is 0.167.